The van der Waals surface area contributed by atoms with Crippen molar-refractivity contribution in [3.8, 4) is 0 Å². The molecule has 1 aliphatic carbocycles. The summed E-state index contributed by atoms with van der Waals surface area (Å²) in [6.45, 7) is 0. The Kier molecular flexibility index (Phi) is 2.35. The summed E-state index contributed by atoms with van der Waals surface area (Å²) in [7, 11) is -2.94. The van der Waals surface area contributed by atoms with Gasteiger partial charge in [0.15, 0.2) is 9.84 Å². The molecule has 0 bridgehead atoms. The minimum Gasteiger partial charge on any atom is -0.228 e. The largest absolute Gasteiger partial charge is 0.228 e. The first-order valence-corrected chi connectivity index (χ1v) is 6.81. The number of aryl methyl sites for hydroxylation is 1. The molecule has 76 valence electrons. The Balaban J connectivity index is 2.51. The van der Waals surface area contributed by atoms with Gasteiger partial charge in [0, 0.05) is 6.26 Å². The molecule has 0 radical (unpaired) electrons. The summed E-state index contributed by atoms with van der Waals surface area (Å²) < 4.78 is 23.1. The summed E-state index contributed by atoms with van der Waals surface area (Å²) in [4.78, 5) is 0. The van der Waals surface area contributed by atoms with Crippen LogP contribution in [-0.2, 0) is 16.3 Å². The van der Waals surface area contributed by atoms with Gasteiger partial charge < -0.3 is 0 Å². The third kappa shape index (κ3) is 1.69. The Hall–Kier alpha value is -0.830. The van der Waals surface area contributed by atoms with Crippen LogP contribution in [0.15, 0.2) is 24.3 Å². The molecule has 1 atom stereocenters. The summed E-state index contributed by atoms with van der Waals surface area (Å²) >= 11 is 0. The Labute approximate surface area is 84.9 Å². The van der Waals surface area contributed by atoms with E-state index >= 15 is 0 Å². The van der Waals surface area contributed by atoms with Gasteiger partial charge in [0.25, 0.3) is 0 Å². The standard InChI is InChI=1S/C11H14O2S/c1-14(12,13)11-8-4-6-9-5-2-3-7-10(9)11/h2-3,5,7,11H,4,6,8H2,1H3. The average molecular weight is 210 g/mol. The van der Waals surface area contributed by atoms with E-state index in [1.54, 1.807) is 0 Å². The summed E-state index contributed by atoms with van der Waals surface area (Å²) in [5.74, 6) is 0. The maximum absolute atomic E-state index is 11.5. The van der Waals surface area contributed by atoms with Crippen molar-refractivity contribution >= 4 is 9.84 Å². The first-order chi connectivity index (χ1) is 6.59. The lowest BCUT2D eigenvalue weighted by Crippen LogP contribution is -2.17. The van der Waals surface area contributed by atoms with Crippen LogP contribution in [0.3, 0.4) is 0 Å². The number of rotatable bonds is 1. The number of hydrogen-bond donors (Lipinski definition) is 0. The van der Waals surface area contributed by atoms with E-state index in [4.69, 9.17) is 0 Å². The average Bonchev–Trinajstić information content (AvgIpc) is 2.15. The lowest BCUT2D eigenvalue weighted by molar-refractivity contribution is 0.566. The maximum atomic E-state index is 11.5. The van der Waals surface area contributed by atoms with Gasteiger partial charge >= 0.3 is 0 Å². The minimum absolute atomic E-state index is 0.271. The van der Waals surface area contributed by atoms with Gasteiger partial charge in [-0.3, -0.25) is 0 Å². The topological polar surface area (TPSA) is 34.1 Å². The first kappa shape index (κ1) is 9.71. The van der Waals surface area contributed by atoms with Gasteiger partial charge in [-0.25, -0.2) is 8.42 Å². The number of benzene rings is 1. The second-order valence-electron chi connectivity index (χ2n) is 3.91. The zero-order valence-corrected chi connectivity index (χ0v) is 9.05. The zero-order valence-electron chi connectivity index (χ0n) is 8.23. The number of fused-ring (bicyclic) bond motifs is 1. The van der Waals surface area contributed by atoms with Crippen LogP contribution in [0.1, 0.15) is 29.2 Å². The summed E-state index contributed by atoms with van der Waals surface area (Å²) in [5, 5.41) is -0.271. The van der Waals surface area contributed by atoms with Crippen LogP contribution in [-0.4, -0.2) is 14.7 Å². The second kappa shape index (κ2) is 3.39. The molecule has 14 heavy (non-hydrogen) atoms. The van der Waals surface area contributed by atoms with Gasteiger partial charge in [0.05, 0.1) is 5.25 Å². The molecule has 1 aromatic carbocycles. The molecular formula is C11H14O2S. The fourth-order valence-corrected chi connectivity index (χ4v) is 3.44. The van der Waals surface area contributed by atoms with E-state index in [-0.39, 0.29) is 5.25 Å². The van der Waals surface area contributed by atoms with Crippen molar-refractivity contribution < 1.29 is 8.42 Å². The van der Waals surface area contributed by atoms with E-state index < -0.39 is 9.84 Å². The minimum atomic E-state index is -2.94. The summed E-state index contributed by atoms with van der Waals surface area (Å²) in [5.41, 5.74) is 2.22. The van der Waals surface area contributed by atoms with Gasteiger partial charge in [-0.1, -0.05) is 24.3 Å². The lowest BCUT2D eigenvalue weighted by atomic mass is 9.91. The molecule has 0 heterocycles. The predicted octanol–water partition coefficient (Wildman–Crippen LogP) is 2.11. The number of sulfone groups is 1. The molecule has 0 N–H and O–H groups in total. The van der Waals surface area contributed by atoms with Gasteiger partial charge in [-0.15, -0.1) is 0 Å². The van der Waals surface area contributed by atoms with E-state index in [0.29, 0.717) is 0 Å². The highest BCUT2D eigenvalue weighted by atomic mass is 32.2. The first-order valence-electron chi connectivity index (χ1n) is 4.86. The van der Waals surface area contributed by atoms with Crippen molar-refractivity contribution in [3.63, 3.8) is 0 Å². The molecule has 1 aliphatic rings. The van der Waals surface area contributed by atoms with Crippen molar-refractivity contribution in [3.05, 3.63) is 35.4 Å². The molecule has 0 aromatic heterocycles. The fourth-order valence-electron chi connectivity index (χ4n) is 2.15. The van der Waals surface area contributed by atoms with E-state index in [9.17, 15) is 8.42 Å². The molecule has 0 fully saturated rings. The summed E-state index contributed by atoms with van der Waals surface area (Å²) in [6.07, 6.45) is 4.10. The third-order valence-corrected chi connectivity index (χ3v) is 4.35. The number of hydrogen-bond acceptors (Lipinski definition) is 2. The second-order valence-corrected chi connectivity index (χ2v) is 6.14. The third-order valence-electron chi connectivity index (χ3n) is 2.83. The summed E-state index contributed by atoms with van der Waals surface area (Å²) in [6, 6.07) is 7.87. The highest BCUT2D eigenvalue weighted by Gasteiger charge is 2.27. The van der Waals surface area contributed by atoms with Crippen LogP contribution in [0.4, 0.5) is 0 Å². The monoisotopic (exact) mass is 210 g/mol. The SMILES string of the molecule is CS(=O)(=O)C1CCCc2ccccc21. The molecule has 0 spiro atoms. The van der Waals surface area contributed by atoms with Crippen LogP contribution in [0.2, 0.25) is 0 Å². The predicted molar refractivity (Wildman–Crippen MR) is 57.0 cm³/mol. The quantitative estimate of drug-likeness (QED) is 0.711. The fraction of sp³-hybridized carbons (Fsp3) is 0.455. The van der Waals surface area contributed by atoms with E-state index in [1.165, 1.54) is 11.8 Å². The van der Waals surface area contributed by atoms with Crippen molar-refractivity contribution in [2.24, 2.45) is 0 Å². The smallest absolute Gasteiger partial charge is 0.154 e. The highest BCUT2D eigenvalue weighted by Crippen LogP contribution is 2.34. The molecule has 0 saturated carbocycles. The molecule has 2 rings (SSSR count). The van der Waals surface area contributed by atoms with Crippen molar-refractivity contribution in [2.75, 3.05) is 6.26 Å². The van der Waals surface area contributed by atoms with Crippen LogP contribution in [0.25, 0.3) is 0 Å². The van der Waals surface area contributed by atoms with Crippen molar-refractivity contribution in [2.45, 2.75) is 24.5 Å². The van der Waals surface area contributed by atoms with E-state index in [0.717, 1.165) is 24.8 Å². The lowest BCUT2D eigenvalue weighted by Gasteiger charge is -2.23. The molecule has 0 aliphatic heterocycles. The van der Waals surface area contributed by atoms with Crippen molar-refractivity contribution in [1.82, 2.24) is 0 Å². The molecule has 0 saturated heterocycles. The normalized spacial score (nSPS) is 21.6. The van der Waals surface area contributed by atoms with Crippen LogP contribution in [0, 0.1) is 0 Å². The van der Waals surface area contributed by atoms with Gasteiger partial charge in [0.1, 0.15) is 0 Å². The van der Waals surface area contributed by atoms with Gasteiger partial charge in [-0.2, -0.15) is 0 Å². The highest BCUT2D eigenvalue weighted by molar-refractivity contribution is 7.90. The van der Waals surface area contributed by atoms with E-state index in [2.05, 4.69) is 0 Å². The van der Waals surface area contributed by atoms with Crippen LogP contribution < -0.4 is 0 Å². The molecule has 3 heteroatoms. The molecule has 1 aromatic rings. The van der Waals surface area contributed by atoms with Crippen LogP contribution >= 0.6 is 0 Å². The molecule has 0 amide bonds. The Bertz CT molecular complexity index is 434. The zero-order chi connectivity index (χ0) is 10.2. The Morgan fingerprint density at radius 1 is 1.29 bits per heavy atom. The molecule has 1 unspecified atom stereocenters. The molecule has 2 nitrogen and oxygen atoms in total. The van der Waals surface area contributed by atoms with E-state index in [1.807, 2.05) is 24.3 Å². The molecular weight excluding hydrogens is 196 g/mol. The maximum Gasteiger partial charge on any atom is 0.154 e. The van der Waals surface area contributed by atoms with Gasteiger partial charge in [-0.05, 0) is 30.4 Å². The van der Waals surface area contributed by atoms with Gasteiger partial charge in [0.2, 0.25) is 0 Å². The van der Waals surface area contributed by atoms with Crippen molar-refractivity contribution in [1.29, 1.82) is 0 Å². The Morgan fingerprint density at radius 3 is 2.71 bits per heavy atom. The van der Waals surface area contributed by atoms with Crippen LogP contribution in [0.5, 0.6) is 0 Å². The Morgan fingerprint density at radius 2 is 2.00 bits per heavy atom.